The number of fused-ring (bicyclic) bond motifs is 1. The molecule has 0 radical (unpaired) electrons. The number of thiazole rings is 1. The quantitative estimate of drug-likeness (QED) is 0.737. The van der Waals surface area contributed by atoms with Gasteiger partial charge in [-0.05, 0) is 41.8 Å². The van der Waals surface area contributed by atoms with Crippen LogP contribution in [0.4, 0.5) is 9.52 Å². The molecule has 3 aromatic rings. The SMILES string of the molecule is COc1ccc2nc(NC(=O)CC(C)c3ccc(F)cc3)sc2c1. The molecule has 0 saturated carbocycles. The van der Waals surface area contributed by atoms with E-state index in [1.165, 1.54) is 23.5 Å². The average molecular weight is 344 g/mol. The van der Waals surface area contributed by atoms with Gasteiger partial charge in [-0.1, -0.05) is 30.4 Å². The molecule has 0 aliphatic rings. The van der Waals surface area contributed by atoms with Crippen molar-refractivity contribution in [2.24, 2.45) is 0 Å². The van der Waals surface area contributed by atoms with E-state index in [0.717, 1.165) is 21.5 Å². The second kappa shape index (κ2) is 6.97. The maximum absolute atomic E-state index is 13.0. The van der Waals surface area contributed by atoms with E-state index in [1.807, 2.05) is 25.1 Å². The highest BCUT2D eigenvalue weighted by Gasteiger charge is 2.13. The van der Waals surface area contributed by atoms with Crippen LogP contribution in [0.1, 0.15) is 24.8 Å². The molecule has 1 heterocycles. The van der Waals surface area contributed by atoms with Crippen LogP contribution in [0.3, 0.4) is 0 Å². The summed E-state index contributed by atoms with van der Waals surface area (Å²) in [5.41, 5.74) is 1.75. The Morgan fingerprint density at radius 1 is 1.29 bits per heavy atom. The summed E-state index contributed by atoms with van der Waals surface area (Å²) < 4.78 is 19.1. The van der Waals surface area contributed by atoms with E-state index in [4.69, 9.17) is 4.74 Å². The zero-order valence-corrected chi connectivity index (χ0v) is 14.2. The fourth-order valence-corrected chi connectivity index (χ4v) is 3.35. The number of hydrogen-bond donors (Lipinski definition) is 1. The Balaban J connectivity index is 1.67. The van der Waals surface area contributed by atoms with Crippen LogP contribution in [0.5, 0.6) is 5.75 Å². The predicted octanol–water partition coefficient (Wildman–Crippen LogP) is 4.58. The molecule has 1 N–H and O–H groups in total. The third-order valence-electron chi connectivity index (χ3n) is 3.77. The van der Waals surface area contributed by atoms with Crippen molar-refractivity contribution in [1.82, 2.24) is 4.98 Å². The van der Waals surface area contributed by atoms with Crippen LogP contribution in [0.2, 0.25) is 0 Å². The van der Waals surface area contributed by atoms with Crippen molar-refractivity contribution in [2.45, 2.75) is 19.3 Å². The number of benzene rings is 2. The van der Waals surface area contributed by atoms with Crippen molar-refractivity contribution in [3.05, 3.63) is 53.8 Å². The first-order valence-corrected chi connectivity index (χ1v) is 8.36. The number of hydrogen-bond acceptors (Lipinski definition) is 4. The number of amides is 1. The first-order chi connectivity index (χ1) is 11.5. The molecule has 1 atom stereocenters. The molecular formula is C18H17FN2O2S. The van der Waals surface area contributed by atoms with Crippen LogP contribution in [-0.2, 0) is 4.79 Å². The van der Waals surface area contributed by atoms with Crippen LogP contribution in [0.15, 0.2) is 42.5 Å². The van der Waals surface area contributed by atoms with E-state index in [9.17, 15) is 9.18 Å². The highest BCUT2D eigenvalue weighted by Crippen LogP contribution is 2.29. The van der Waals surface area contributed by atoms with Gasteiger partial charge in [0, 0.05) is 6.42 Å². The van der Waals surface area contributed by atoms with Crippen molar-refractivity contribution in [2.75, 3.05) is 12.4 Å². The van der Waals surface area contributed by atoms with E-state index in [0.29, 0.717) is 11.6 Å². The summed E-state index contributed by atoms with van der Waals surface area (Å²) in [5, 5.41) is 3.40. The fourth-order valence-electron chi connectivity index (χ4n) is 2.44. The summed E-state index contributed by atoms with van der Waals surface area (Å²) >= 11 is 1.41. The molecule has 0 fully saturated rings. The minimum atomic E-state index is -0.277. The van der Waals surface area contributed by atoms with Gasteiger partial charge >= 0.3 is 0 Å². The molecule has 0 aliphatic heterocycles. The first kappa shape index (κ1) is 16.4. The molecule has 0 bridgehead atoms. The molecule has 2 aromatic carbocycles. The molecule has 1 unspecified atom stereocenters. The number of anilines is 1. The number of nitrogens with zero attached hydrogens (tertiary/aromatic N) is 1. The van der Waals surface area contributed by atoms with Crippen molar-refractivity contribution in [3.63, 3.8) is 0 Å². The fraction of sp³-hybridized carbons (Fsp3) is 0.222. The molecule has 24 heavy (non-hydrogen) atoms. The highest BCUT2D eigenvalue weighted by atomic mass is 32.1. The highest BCUT2D eigenvalue weighted by molar-refractivity contribution is 7.22. The van der Waals surface area contributed by atoms with Gasteiger partial charge in [-0.25, -0.2) is 9.37 Å². The second-order valence-electron chi connectivity index (χ2n) is 5.56. The maximum atomic E-state index is 13.0. The number of halogens is 1. The number of carbonyl (C=O) groups is 1. The maximum Gasteiger partial charge on any atom is 0.226 e. The predicted molar refractivity (Wildman–Crippen MR) is 94.2 cm³/mol. The molecule has 4 nitrogen and oxygen atoms in total. The number of methoxy groups -OCH3 is 1. The molecule has 1 aromatic heterocycles. The number of rotatable bonds is 5. The molecule has 0 aliphatic carbocycles. The van der Waals surface area contributed by atoms with Gasteiger partial charge < -0.3 is 10.1 Å². The molecule has 0 saturated heterocycles. The molecule has 124 valence electrons. The minimum absolute atomic E-state index is 0.0000670. The van der Waals surface area contributed by atoms with Crippen LogP contribution in [-0.4, -0.2) is 18.0 Å². The lowest BCUT2D eigenvalue weighted by atomic mass is 9.97. The molecule has 0 spiro atoms. The number of carbonyl (C=O) groups excluding carboxylic acids is 1. The van der Waals surface area contributed by atoms with Crippen molar-refractivity contribution >= 4 is 32.6 Å². The lowest BCUT2D eigenvalue weighted by Gasteiger charge is -2.11. The summed E-state index contributed by atoms with van der Waals surface area (Å²) in [6.07, 6.45) is 0.310. The summed E-state index contributed by atoms with van der Waals surface area (Å²) in [5.74, 6) is 0.368. The van der Waals surface area contributed by atoms with Gasteiger partial charge in [-0.15, -0.1) is 0 Å². The third kappa shape index (κ3) is 3.71. The van der Waals surface area contributed by atoms with Gasteiger partial charge in [0.2, 0.25) is 5.91 Å². The molecule has 6 heteroatoms. The Bertz CT molecular complexity index is 861. The standard InChI is InChI=1S/C18H17FN2O2S/c1-11(12-3-5-13(19)6-4-12)9-17(22)21-18-20-15-8-7-14(23-2)10-16(15)24-18/h3-8,10-11H,9H2,1-2H3,(H,20,21,22). The van der Waals surface area contributed by atoms with Crippen molar-refractivity contribution in [3.8, 4) is 5.75 Å². The van der Waals surface area contributed by atoms with E-state index in [2.05, 4.69) is 10.3 Å². The molecular weight excluding hydrogens is 327 g/mol. The number of ether oxygens (including phenoxy) is 1. The summed E-state index contributed by atoms with van der Waals surface area (Å²) in [7, 11) is 1.61. The van der Waals surface area contributed by atoms with E-state index in [-0.39, 0.29) is 17.6 Å². The Kier molecular flexibility index (Phi) is 4.76. The van der Waals surface area contributed by atoms with Crippen LogP contribution in [0.25, 0.3) is 10.2 Å². The lowest BCUT2D eigenvalue weighted by molar-refractivity contribution is -0.116. The number of aromatic nitrogens is 1. The smallest absolute Gasteiger partial charge is 0.226 e. The monoisotopic (exact) mass is 344 g/mol. The van der Waals surface area contributed by atoms with Gasteiger partial charge in [0.15, 0.2) is 5.13 Å². The normalized spacial score (nSPS) is 12.1. The van der Waals surface area contributed by atoms with Gasteiger partial charge in [-0.2, -0.15) is 0 Å². The summed E-state index contributed by atoms with van der Waals surface area (Å²) in [4.78, 5) is 16.6. The van der Waals surface area contributed by atoms with Gasteiger partial charge in [0.25, 0.3) is 0 Å². The first-order valence-electron chi connectivity index (χ1n) is 7.55. The molecule has 1 amide bonds. The van der Waals surface area contributed by atoms with Crippen molar-refractivity contribution < 1.29 is 13.9 Å². The minimum Gasteiger partial charge on any atom is -0.497 e. The van der Waals surface area contributed by atoms with Gasteiger partial charge in [0.05, 0.1) is 17.3 Å². The second-order valence-corrected chi connectivity index (χ2v) is 6.59. The van der Waals surface area contributed by atoms with E-state index >= 15 is 0 Å². The van der Waals surface area contributed by atoms with Gasteiger partial charge in [0.1, 0.15) is 11.6 Å². The van der Waals surface area contributed by atoms with E-state index in [1.54, 1.807) is 19.2 Å². The summed E-state index contributed by atoms with van der Waals surface area (Å²) in [6.45, 7) is 1.94. The van der Waals surface area contributed by atoms with Crippen LogP contribution >= 0.6 is 11.3 Å². The average Bonchev–Trinajstić information content (AvgIpc) is 2.96. The lowest BCUT2D eigenvalue weighted by Crippen LogP contribution is -2.14. The van der Waals surface area contributed by atoms with Gasteiger partial charge in [-0.3, -0.25) is 4.79 Å². The Hall–Kier alpha value is -2.47. The molecule has 3 rings (SSSR count). The van der Waals surface area contributed by atoms with Crippen LogP contribution in [0, 0.1) is 5.82 Å². The summed E-state index contributed by atoms with van der Waals surface area (Å²) in [6, 6.07) is 11.8. The van der Waals surface area contributed by atoms with E-state index < -0.39 is 0 Å². The van der Waals surface area contributed by atoms with Crippen LogP contribution < -0.4 is 10.1 Å². The zero-order valence-electron chi connectivity index (χ0n) is 13.4. The zero-order chi connectivity index (χ0) is 17.1. The Morgan fingerprint density at radius 2 is 2.04 bits per heavy atom. The van der Waals surface area contributed by atoms with Crippen molar-refractivity contribution in [1.29, 1.82) is 0 Å². The third-order valence-corrected chi connectivity index (χ3v) is 4.71. The Morgan fingerprint density at radius 3 is 2.75 bits per heavy atom. The Labute approximate surface area is 143 Å². The number of nitrogens with one attached hydrogen (secondary N) is 1. The topological polar surface area (TPSA) is 51.2 Å². The largest absolute Gasteiger partial charge is 0.497 e.